The van der Waals surface area contributed by atoms with E-state index in [1.165, 1.54) is 12.3 Å². The van der Waals surface area contributed by atoms with E-state index in [4.69, 9.17) is 9.84 Å². The first-order chi connectivity index (χ1) is 9.18. The van der Waals surface area contributed by atoms with Gasteiger partial charge in [-0.05, 0) is 12.1 Å². The summed E-state index contributed by atoms with van der Waals surface area (Å²) >= 11 is 0. The normalized spacial score (nSPS) is 9.89. The number of Topliss-reactive ketones (excluding diaryl/α,β-unsaturated/α-hetero) is 1. The number of benzene rings is 1. The van der Waals surface area contributed by atoms with Gasteiger partial charge in [0.1, 0.15) is 0 Å². The minimum Gasteiger partial charge on any atom is -0.483 e. The summed E-state index contributed by atoms with van der Waals surface area (Å²) in [6.07, 6.45) is 1.36. The number of aromatic nitrogens is 1. The highest BCUT2D eigenvalue weighted by atomic mass is 16.5. The van der Waals surface area contributed by atoms with Gasteiger partial charge in [-0.3, -0.25) is 4.79 Å². The summed E-state index contributed by atoms with van der Waals surface area (Å²) in [5.41, 5.74) is 0.312. The fourth-order valence-electron chi connectivity index (χ4n) is 1.52. The number of ketones is 1. The molecule has 19 heavy (non-hydrogen) atoms. The number of hydrogen-bond donors (Lipinski definition) is 1. The summed E-state index contributed by atoms with van der Waals surface area (Å²) < 4.78 is 5.22. The van der Waals surface area contributed by atoms with Crippen LogP contribution >= 0.6 is 0 Å². The largest absolute Gasteiger partial charge is 0.483 e. The summed E-state index contributed by atoms with van der Waals surface area (Å²) in [4.78, 5) is 26.4. The Balaban J connectivity index is 2.07. The van der Waals surface area contributed by atoms with Crippen LogP contribution in [-0.2, 0) is 0 Å². The molecule has 0 radical (unpaired) electrons. The average Bonchev–Trinajstić information content (AvgIpc) is 2.46. The van der Waals surface area contributed by atoms with Gasteiger partial charge in [0.2, 0.25) is 0 Å². The van der Waals surface area contributed by atoms with Crippen LogP contribution in [0.25, 0.3) is 0 Å². The Labute approximate surface area is 109 Å². The van der Waals surface area contributed by atoms with Gasteiger partial charge in [0.05, 0.1) is 0 Å². The van der Waals surface area contributed by atoms with Gasteiger partial charge in [-0.1, -0.05) is 30.3 Å². The molecule has 2 aromatic rings. The third-order valence-electron chi connectivity index (χ3n) is 2.43. The highest BCUT2D eigenvalue weighted by Gasteiger charge is 2.14. The topological polar surface area (TPSA) is 76.5 Å². The van der Waals surface area contributed by atoms with E-state index in [0.29, 0.717) is 5.56 Å². The molecule has 0 saturated heterocycles. The van der Waals surface area contributed by atoms with E-state index >= 15 is 0 Å². The average molecular weight is 257 g/mol. The van der Waals surface area contributed by atoms with E-state index in [-0.39, 0.29) is 23.8 Å². The van der Waals surface area contributed by atoms with Crippen LogP contribution in [-0.4, -0.2) is 28.4 Å². The maximum absolute atomic E-state index is 11.8. The van der Waals surface area contributed by atoms with Crippen LogP contribution in [0.3, 0.4) is 0 Å². The van der Waals surface area contributed by atoms with Crippen molar-refractivity contribution >= 4 is 11.8 Å². The fourth-order valence-corrected chi connectivity index (χ4v) is 1.52. The lowest BCUT2D eigenvalue weighted by molar-refractivity contribution is 0.0682. The van der Waals surface area contributed by atoms with E-state index < -0.39 is 5.97 Å². The Morgan fingerprint density at radius 2 is 1.84 bits per heavy atom. The van der Waals surface area contributed by atoms with Crippen LogP contribution in [0.2, 0.25) is 0 Å². The van der Waals surface area contributed by atoms with E-state index in [9.17, 15) is 9.59 Å². The Bertz CT molecular complexity index is 595. The molecule has 1 aromatic heterocycles. The van der Waals surface area contributed by atoms with Gasteiger partial charge in [-0.15, -0.1) is 0 Å². The number of carbonyl (C=O) groups excluding carboxylic acids is 1. The summed E-state index contributed by atoms with van der Waals surface area (Å²) in [5, 5.41) is 8.92. The molecule has 1 heterocycles. The van der Waals surface area contributed by atoms with Crippen LogP contribution in [0.15, 0.2) is 48.7 Å². The van der Waals surface area contributed by atoms with E-state index in [1.807, 2.05) is 0 Å². The number of carbonyl (C=O) groups is 2. The van der Waals surface area contributed by atoms with Crippen molar-refractivity contribution in [2.75, 3.05) is 6.61 Å². The van der Waals surface area contributed by atoms with Gasteiger partial charge in [0, 0.05) is 11.8 Å². The quantitative estimate of drug-likeness (QED) is 0.829. The number of rotatable bonds is 5. The second-order valence-corrected chi connectivity index (χ2v) is 3.73. The monoisotopic (exact) mass is 257 g/mol. The van der Waals surface area contributed by atoms with Crippen LogP contribution in [0.4, 0.5) is 0 Å². The van der Waals surface area contributed by atoms with E-state index in [0.717, 1.165) is 0 Å². The van der Waals surface area contributed by atoms with Gasteiger partial charge in [-0.25, -0.2) is 9.78 Å². The van der Waals surface area contributed by atoms with Gasteiger partial charge in [-0.2, -0.15) is 0 Å². The van der Waals surface area contributed by atoms with Crippen molar-refractivity contribution in [1.29, 1.82) is 0 Å². The zero-order chi connectivity index (χ0) is 13.7. The molecule has 0 aliphatic carbocycles. The molecule has 0 saturated carbocycles. The number of aromatic carboxylic acids is 1. The minimum atomic E-state index is -1.19. The Morgan fingerprint density at radius 3 is 2.53 bits per heavy atom. The van der Waals surface area contributed by atoms with E-state index in [2.05, 4.69) is 4.98 Å². The second-order valence-electron chi connectivity index (χ2n) is 3.73. The van der Waals surface area contributed by atoms with Crippen LogP contribution in [0.5, 0.6) is 5.75 Å². The van der Waals surface area contributed by atoms with Crippen molar-refractivity contribution in [3.63, 3.8) is 0 Å². The first-order valence-electron chi connectivity index (χ1n) is 5.58. The van der Waals surface area contributed by atoms with Crippen molar-refractivity contribution in [1.82, 2.24) is 4.98 Å². The first-order valence-corrected chi connectivity index (χ1v) is 5.58. The van der Waals surface area contributed by atoms with Crippen LogP contribution in [0.1, 0.15) is 20.8 Å². The molecule has 0 amide bonds. The molecular weight excluding hydrogens is 246 g/mol. The highest BCUT2D eigenvalue weighted by Crippen LogP contribution is 2.15. The Kier molecular flexibility index (Phi) is 3.87. The molecule has 0 atom stereocenters. The molecule has 1 N–H and O–H groups in total. The van der Waals surface area contributed by atoms with Gasteiger partial charge in [0.15, 0.2) is 23.8 Å². The zero-order valence-electron chi connectivity index (χ0n) is 9.95. The third kappa shape index (κ3) is 3.16. The SMILES string of the molecule is O=C(COc1cccnc1C(=O)O)c1ccccc1. The summed E-state index contributed by atoms with van der Waals surface area (Å²) in [5.74, 6) is -1.33. The number of nitrogens with zero attached hydrogens (tertiary/aromatic N) is 1. The lowest BCUT2D eigenvalue weighted by Crippen LogP contribution is -2.14. The summed E-state index contributed by atoms with van der Waals surface area (Å²) in [6, 6.07) is 11.7. The first kappa shape index (κ1) is 12.8. The standard InChI is InChI=1S/C14H11NO4/c16-11(10-5-2-1-3-6-10)9-19-12-7-4-8-15-13(12)14(17)18/h1-8H,9H2,(H,17,18). The molecule has 0 spiro atoms. The summed E-state index contributed by atoms with van der Waals surface area (Å²) in [7, 11) is 0. The lowest BCUT2D eigenvalue weighted by atomic mass is 10.1. The number of pyridine rings is 1. The minimum absolute atomic E-state index is 0.0827. The molecule has 2 rings (SSSR count). The molecule has 0 aliphatic heterocycles. The molecule has 0 fully saturated rings. The lowest BCUT2D eigenvalue weighted by Gasteiger charge is -2.07. The predicted molar refractivity (Wildman–Crippen MR) is 67.5 cm³/mol. The molecule has 5 heteroatoms. The smallest absolute Gasteiger partial charge is 0.358 e. The maximum Gasteiger partial charge on any atom is 0.358 e. The molecular formula is C14H11NO4. The molecule has 5 nitrogen and oxygen atoms in total. The Hall–Kier alpha value is -2.69. The molecule has 0 bridgehead atoms. The number of hydrogen-bond acceptors (Lipinski definition) is 4. The fraction of sp³-hybridized carbons (Fsp3) is 0.0714. The van der Waals surface area contributed by atoms with Gasteiger partial charge < -0.3 is 9.84 Å². The maximum atomic E-state index is 11.8. The van der Waals surface area contributed by atoms with Crippen molar-refractivity contribution in [3.05, 3.63) is 59.9 Å². The molecule has 0 unspecified atom stereocenters. The molecule has 0 aliphatic rings. The van der Waals surface area contributed by atoms with Crippen molar-refractivity contribution in [3.8, 4) is 5.75 Å². The van der Waals surface area contributed by atoms with Crippen molar-refractivity contribution in [2.24, 2.45) is 0 Å². The van der Waals surface area contributed by atoms with Crippen molar-refractivity contribution in [2.45, 2.75) is 0 Å². The van der Waals surface area contributed by atoms with Crippen molar-refractivity contribution < 1.29 is 19.4 Å². The van der Waals surface area contributed by atoms with Gasteiger partial charge in [0.25, 0.3) is 0 Å². The number of carboxylic acid groups (broad SMARTS) is 1. The second kappa shape index (κ2) is 5.77. The number of carboxylic acids is 1. The highest BCUT2D eigenvalue weighted by molar-refractivity contribution is 5.97. The van der Waals surface area contributed by atoms with E-state index in [1.54, 1.807) is 36.4 Å². The molecule has 1 aromatic carbocycles. The zero-order valence-corrected chi connectivity index (χ0v) is 9.95. The van der Waals surface area contributed by atoms with Crippen LogP contribution < -0.4 is 4.74 Å². The molecule has 96 valence electrons. The van der Waals surface area contributed by atoms with Crippen LogP contribution in [0, 0.1) is 0 Å². The number of ether oxygens (including phenoxy) is 1. The Morgan fingerprint density at radius 1 is 1.11 bits per heavy atom. The van der Waals surface area contributed by atoms with Gasteiger partial charge >= 0.3 is 5.97 Å². The summed E-state index contributed by atoms with van der Waals surface area (Å²) in [6.45, 7) is -0.226. The predicted octanol–water partition coefficient (Wildman–Crippen LogP) is 2.04. The third-order valence-corrected chi connectivity index (χ3v) is 2.43.